The number of carbonyl (C=O) groups excluding carboxylic acids is 1. The Morgan fingerprint density at radius 3 is 2.55 bits per heavy atom. The summed E-state index contributed by atoms with van der Waals surface area (Å²) >= 11 is 2.27. The van der Waals surface area contributed by atoms with Gasteiger partial charge in [0.1, 0.15) is 22.7 Å². The van der Waals surface area contributed by atoms with E-state index < -0.39 is 15.8 Å². The predicted molar refractivity (Wildman–Crippen MR) is 134 cm³/mol. The van der Waals surface area contributed by atoms with E-state index in [9.17, 15) is 17.6 Å². The van der Waals surface area contributed by atoms with Crippen LogP contribution in [0.25, 0.3) is 10.9 Å². The number of sulfonamides is 1. The smallest absolute Gasteiger partial charge is 0.245 e. The Bertz CT molecular complexity index is 1280. The van der Waals surface area contributed by atoms with Crippen molar-refractivity contribution < 1.29 is 22.3 Å². The molecule has 1 aromatic heterocycles. The van der Waals surface area contributed by atoms with Crippen molar-refractivity contribution in [1.82, 2.24) is 8.87 Å². The number of fused-ring (bicyclic) bond motifs is 1. The van der Waals surface area contributed by atoms with E-state index in [0.717, 1.165) is 32.4 Å². The molecule has 0 bridgehead atoms. The second-order valence-electron chi connectivity index (χ2n) is 8.50. The summed E-state index contributed by atoms with van der Waals surface area (Å²) in [6.45, 7) is 4.54. The Morgan fingerprint density at radius 2 is 1.91 bits per heavy atom. The van der Waals surface area contributed by atoms with Crippen LogP contribution < -0.4 is 4.74 Å². The molecule has 0 radical (unpaired) electrons. The highest BCUT2D eigenvalue weighted by molar-refractivity contribution is 14.1. The minimum absolute atomic E-state index is 0.133. The maximum atomic E-state index is 14.7. The van der Waals surface area contributed by atoms with E-state index in [1.54, 1.807) is 0 Å². The van der Waals surface area contributed by atoms with Crippen molar-refractivity contribution in [2.24, 2.45) is 0 Å². The van der Waals surface area contributed by atoms with Gasteiger partial charge in [-0.25, -0.2) is 12.8 Å². The van der Waals surface area contributed by atoms with Crippen LogP contribution in [0.1, 0.15) is 38.2 Å². The van der Waals surface area contributed by atoms with Crippen molar-refractivity contribution in [3.05, 3.63) is 57.5 Å². The van der Waals surface area contributed by atoms with Crippen molar-refractivity contribution in [2.45, 2.75) is 50.2 Å². The van der Waals surface area contributed by atoms with Gasteiger partial charge in [0, 0.05) is 39.8 Å². The summed E-state index contributed by atoms with van der Waals surface area (Å²) in [5, 5.41) is 1.09. The number of benzene rings is 2. The molecule has 0 amide bonds. The third-order valence-electron chi connectivity index (χ3n) is 5.93. The molecule has 1 saturated heterocycles. The number of piperidine rings is 1. The lowest BCUT2D eigenvalue weighted by molar-refractivity contribution is -0.108. The molecular formula is C24H26FIN2O4S. The summed E-state index contributed by atoms with van der Waals surface area (Å²) in [5.74, 6) is -0.333. The maximum Gasteiger partial charge on any atom is 0.245 e. The van der Waals surface area contributed by atoms with Crippen LogP contribution in [0, 0.1) is 9.39 Å². The quantitative estimate of drug-likeness (QED) is 0.292. The summed E-state index contributed by atoms with van der Waals surface area (Å²) in [5.41, 5.74) is 2.13. The van der Waals surface area contributed by atoms with Crippen molar-refractivity contribution in [1.29, 1.82) is 0 Å². The summed E-state index contributed by atoms with van der Waals surface area (Å²) in [6, 6.07) is 10.0. The number of rotatable bonds is 7. The number of ether oxygens (including phenoxy) is 1. The molecule has 1 aliphatic rings. The molecule has 0 aliphatic carbocycles. The van der Waals surface area contributed by atoms with Crippen LogP contribution in [-0.4, -0.2) is 42.8 Å². The molecule has 1 fully saturated rings. The van der Waals surface area contributed by atoms with Crippen LogP contribution in [0.5, 0.6) is 5.75 Å². The average molecular weight is 584 g/mol. The highest BCUT2D eigenvalue weighted by atomic mass is 127. The van der Waals surface area contributed by atoms with Gasteiger partial charge in [0.25, 0.3) is 0 Å². The number of hydrogen-bond acceptors (Lipinski definition) is 4. The SMILES string of the molecule is CC(C)Oc1ccc(S(=O)(=O)N2CCC(c3cn(CC=O)c4ccc(I)cc34)CC2)c(F)c1. The molecule has 33 heavy (non-hydrogen) atoms. The first-order valence-corrected chi connectivity index (χ1v) is 13.4. The molecule has 4 rings (SSSR count). The number of aromatic nitrogens is 1. The molecule has 9 heteroatoms. The van der Waals surface area contributed by atoms with Gasteiger partial charge in [-0.05, 0) is 91.1 Å². The third-order valence-corrected chi connectivity index (χ3v) is 8.53. The van der Waals surface area contributed by atoms with Gasteiger partial charge in [-0.1, -0.05) is 0 Å². The van der Waals surface area contributed by atoms with E-state index in [2.05, 4.69) is 28.7 Å². The molecule has 0 saturated carbocycles. The van der Waals surface area contributed by atoms with Crippen molar-refractivity contribution in [2.75, 3.05) is 13.1 Å². The Kier molecular flexibility index (Phi) is 7.11. The van der Waals surface area contributed by atoms with E-state index in [1.165, 1.54) is 16.4 Å². The summed E-state index contributed by atoms with van der Waals surface area (Å²) < 4.78 is 50.8. The first-order chi connectivity index (χ1) is 15.7. The fourth-order valence-electron chi connectivity index (χ4n) is 4.44. The Balaban J connectivity index is 1.54. The first kappa shape index (κ1) is 24.2. The predicted octanol–water partition coefficient (Wildman–Crippen LogP) is 4.94. The molecule has 176 valence electrons. The van der Waals surface area contributed by atoms with Crippen LogP contribution in [-0.2, 0) is 21.4 Å². The second-order valence-corrected chi connectivity index (χ2v) is 11.7. The normalized spacial score (nSPS) is 15.9. The van der Waals surface area contributed by atoms with Crippen LogP contribution in [0.2, 0.25) is 0 Å². The highest BCUT2D eigenvalue weighted by Gasteiger charge is 2.33. The standard InChI is InChI=1S/C24H26FIN2O4S/c1-16(2)32-19-4-6-24(22(25)14-19)33(30,31)28-9-7-17(8-10-28)21-15-27(11-12-29)23-5-3-18(26)13-20(21)23/h3-6,12-17H,7-11H2,1-2H3. The minimum atomic E-state index is -3.95. The second kappa shape index (κ2) is 9.71. The molecule has 0 atom stereocenters. The van der Waals surface area contributed by atoms with Gasteiger partial charge in [-0.2, -0.15) is 4.31 Å². The molecular weight excluding hydrogens is 558 g/mol. The maximum absolute atomic E-state index is 14.7. The fraction of sp³-hybridized carbons (Fsp3) is 0.375. The van der Waals surface area contributed by atoms with Gasteiger partial charge in [-0.3, -0.25) is 0 Å². The van der Waals surface area contributed by atoms with E-state index in [1.807, 2.05) is 36.7 Å². The number of aldehydes is 1. The zero-order valence-electron chi connectivity index (χ0n) is 18.5. The van der Waals surface area contributed by atoms with Gasteiger partial charge in [0.15, 0.2) is 0 Å². The highest BCUT2D eigenvalue weighted by Crippen LogP contribution is 2.37. The lowest BCUT2D eigenvalue weighted by Gasteiger charge is -2.31. The third kappa shape index (κ3) is 4.95. The Morgan fingerprint density at radius 1 is 1.18 bits per heavy atom. The molecule has 2 heterocycles. The zero-order chi connectivity index (χ0) is 23.8. The molecule has 0 unspecified atom stereocenters. The van der Waals surface area contributed by atoms with E-state index >= 15 is 0 Å². The van der Waals surface area contributed by atoms with E-state index in [0.29, 0.717) is 31.7 Å². The lowest BCUT2D eigenvalue weighted by atomic mass is 9.90. The van der Waals surface area contributed by atoms with Crippen molar-refractivity contribution in [3.63, 3.8) is 0 Å². The van der Waals surface area contributed by atoms with Gasteiger partial charge < -0.3 is 14.1 Å². The van der Waals surface area contributed by atoms with E-state index in [4.69, 9.17) is 4.74 Å². The minimum Gasteiger partial charge on any atom is -0.491 e. The van der Waals surface area contributed by atoms with Crippen LogP contribution in [0.15, 0.2) is 47.5 Å². The van der Waals surface area contributed by atoms with Crippen LogP contribution in [0.3, 0.4) is 0 Å². The summed E-state index contributed by atoms with van der Waals surface area (Å²) in [6.07, 6.45) is 4.01. The topological polar surface area (TPSA) is 68.6 Å². The zero-order valence-corrected chi connectivity index (χ0v) is 21.5. The molecule has 6 nitrogen and oxygen atoms in total. The largest absolute Gasteiger partial charge is 0.491 e. The van der Waals surface area contributed by atoms with Crippen LogP contribution in [0.4, 0.5) is 4.39 Å². The van der Waals surface area contributed by atoms with Crippen molar-refractivity contribution >= 4 is 49.8 Å². The molecule has 2 aromatic carbocycles. The summed E-state index contributed by atoms with van der Waals surface area (Å²) in [7, 11) is -3.95. The van der Waals surface area contributed by atoms with E-state index in [-0.39, 0.29) is 23.5 Å². The number of carbonyl (C=O) groups is 1. The van der Waals surface area contributed by atoms with Gasteiger partial charge in [-0.15, -0.1) is 0 Å². The Labute approximate surface area is 206 Å². The van der Waals surface area contributed by atoms with Gasteiger partial charge >= 0.3 is 0 Å². The first-order valence-electron chi connectivity index (χ1n) is 10.9. The summed E-state index contributed by atoms with van der Waals surface area (Å²) in [4.78, 5) is 10.8. The average Bonchev–Trinajstić information content (AvgIpc) is 3.11. The molecule has 3 aromatic rings. The molecule has 0 spiro atoms. The fourth-order valence-corrected chi connectivity index (χ4v) is 6.44. The van der Waals surface area contributed by atoms with Gasteiger partial charge in [0.2, 0.25) is 10.0 Å². The Hall–Kier alpha value is -1.98. The van der Waals surface area contributed by atoms with Crippen LogP contribution >= 0.6 is 22.6 Å². The van der Waals surface area contributed by atoms with Gasteiger partial charge in [0.05, 0.1) is 12.6 Å². The number of halogens is 2. The number of nitrogens with zero attached hydrogens (tertiary/aromatic N) is 2. The molecule has 1 aliphatic heterocycles. The molecule has 0 N–H and O–H groups in total. The van der Waals surface area contributed by atoms with Crippen molar-refractivity contribution in [3.8, 4) is 5.75 Å². The lowest BCUT2D eigenvalue weighted by Crippen LogP contribution is -2.38. The monoisotopic (exact) mass is 584 g/mol. The number of hydrogen-bond donors (Lipinski definition) is 0.